The Morgan fingerprint density at radius 3 is 2.40 bits per heavy atom. The lowest BCUT2D eigenvalue weighted by atomic mass is 9.90. The van der Waals surface area contributed by atoms with Crippen molar-refractivity contribution in [2.75, 3.05) is 13.2 Å². The number of pyridine rings is 1. The SMILES string of the molecule is CCOC(=O)C(Cc1c[nH]c2ccncc12)(NC(C)=O)C(=O)OCC. The van der Waals surface area contributed by atoms with E-state index >= 15 is 0 Å². The minimum atomic E-state index is -1.96. The first-order valence-electron chi connectivity index (χ1n) is 7.97. The largest absolute Gasteiger partial charge is 0.464 e. The highest BCUT2D eigenvalue weighted by Gasteiger charge is 2.50. The molecule has 0 radical (unpaired) electrons. The van der Waals surface area contributed by atoms with Gasteiger partial charge in [-0.05, 0) is 25.5 Å². The monoisotopic (exact) mass is 347 g/mol. The standard InChI is InChI=1S/C17H21N3O5/c1-4-24-15(22)17(20-11(3)21,16(23)25-5-2)8-12-9-19-14-6-7-18-10-13(12)14/h6-7,9-10,19H,4-5,8H2,1-3H3,(H,20,21). The van der Waals surface area contributed by atoms with Crippen LogP contribution in [0.15, 0.2) is 24.7 Å². The maximum absolute atomic E-state index is 12.6. The van der Waals surface area contributed by atoms with Gasteiger partial charge in [-0.25, -0.2) is 9.59 Å². The fraction of sp³-hybridized carbons (Fsp3) is 0.412. The van der Waals surface area contributed by atoms with Crippen molar-refractivity contribution < 1.29 is 23.9 Å². The van der Waals surface area contributed by atoms with Crippen LogP contribution >= 0.6 is 0 Å². The Kier molecular flexibility index (Phi) is 5.74. The van der Waals surface area contributed by atoms with Gasteiger partial charge in [0.05, 0.1) is 13.2 Å². The molecular weight excluding hydrogens is 326 g/mol. The summed E-state index contributed by atoms with van der Waals surface area (Å²) in [6.45, 7) is 4.60. The summed E-state index contributed by atoms with van der Waals surface area (Å²) in [7, 11) is 0. The number of nitrogens with one attached hydrogen (secondary N) is 2. The molecule has 134 valence electrons. The number of esters is 2. The summed E-state index contributed by atoms with van der Waals surface area (Å²) in [6.07, 6.45) is 4.80. The van der Waals surface area contributed by atoms with Crippen LogP contribution in [0.4, 0.5) is 0 Å². The Morgan fingerprint density at radius 1 is 1.20 bits per heavy atom. The molecule has 2 heterocycles. The maximum Gasteiger partial charge on any atom is 0.344 e. The van der Waals surface area contributed by atoms with Crippen molar-refractivity contribution in [2.45, 2.75) is 32.7 Å². The summed E-state index contributed by atoms with van der Waals surface area (Å²) in [6, 6.07) is 1.77. The number of aromatic amines is 1. The van der Waals surface area contributed by atoms with Gasteiger partial charge in [0.1, 0.15) is 0 Å². The molecule has 0 unspecified atom stereocenters. The third-order valence-corrected chi connectivity index (χ3v) is 3.66. The van der Waals surface area contributed by atoms with Crippen molar-refractivity contribution in [1.29, 1.82) is 0 Å². The van der Waals surface area contributed by atoms with Gasteiger partial charge in [-0.1, -0.05) is 0 Å². The number of H-pyrrole nitrogens is 1. The fourth-order valence-electron chi connectivity index (χ4n) is 2.63. The molecule has 0 saturated carbocycles. The highest BCUT2D eigenvalue weighted by atomic mass is 16.6. The number of hydrogen-bond acceptors (Lipinski definition) is 6. The second-order valence-electron chi connectivity index (χ2n) is 5.44. The van der Waals surface area contributed by atoms with E-state index in [0.29, 0.717) is 5.56 Å². The summed E-state index contributed by atoms with van der Waals surface area (Å²) in [4.78, 5) is 44.1. The number of carbonyl (C=O) groups excluding carboxylic acids is 3. The quantitative estimate of drug-likeness (QED) is 0.573. The lowest BCUT2D eigenvalue weighted by molar-refractivity contribution is -0.167. The number of aromatic nitrogens is 2. The first kappa shape index (κ1) is 18.4. The molecule has 0 aliphatic rings. The van der Waals surface area contributed by atoms with Gasteiger partial charge in [-0.2, -0.15) is 0 Å². The lowest BCUT2D eigenvalue weighted by Crippen LogP contribution is -2.62. The number of fused-ring (bicyclic) bond motifs is 1. The van der Waals surface area contributed by atoms with Crippen molar-refractivity contribution in [1.82, 2.24) is 15.3 Å². The Hall–Kier alpha value is -2.90. The predicted molar refractivity (Wildman–Crippen MR) is 89.6 cm³/mol. The van der Waals surface area contributed by atoms with Crippen LogP contribution in [0.1, 0.15) is 26.3 Å². The summed E-state index contributed by atoms with van der Waals surface area (Å²) in [5, 5.41) is 3.18. The van der Waals surface area contributed by atoms with E-state index in [1.54, 1.807) is 38.5 Å². The van der Waals surface area contributed by atoms with E-state index in [1.165, 1.54) is 6.92 Å². The van der Waals surface area contributed by atoms with Gasteiger partial charge in [-0.3, -0.25) is 9.78 Å². The molecule has 2 aromatic rings. The maximum atomic E-state index is 12.6. The first-order valence-corrected chi connectivity index (χ1v) is 7.97. The molecule has 8 heteroatoms. The van der Waals surface area contributed by atoms with Crippen LogP contribution in [-0.4, -0.2) is 46.6 Å². The van der Waals surface area contributed by atoms with Crippen molar-refractivity contribution in [2.24, 2.45) is 0 Å². The second kappa shape index (κ2) is 7.78. The number of amides is 1. The zero-order valence-corrected chi connectivity index (χ0v) is 14.4. The van der Waals surface area contributed by atoms with Crippen LogP contribution in [0.2, 0.25) is 0 Å². The number of nitrogens with zero attached hydrogens (tertiary/aromatic N) is 1. The van der Waals surface area contributed by atoms with Crippen molar-refractivity contribution >= 4 is 28.7 Å². The second-order valence-corrected chi connectivity index (χ2v) is 5.44. The number of ether oxygens (including phenoxy) is 2. The highest BCUT2D eigenvalue weighted by Crippen LogP contribution is 2.24. The Labute approximate surface area is 144 Å². The summed E-state index contributed by atoms with van der Waals surface area (Å²) in [5.74, 6) is -2.26. The molecular formula is C17H21N3O5. The van der Waals surface area contributed by atoms with E-state index in [2.05, 4.69) is 15.3 Å². The molecule has 25 heavy (non-hydrogen) atoms. The normalized spacial score (nSPS) is 11.2. The Bertz CT molecular complexity index is 765. The summed E-state index contributed by atoms with van der Waals surface area (Å²) < 4.78 is 10.1. The number of rotatable bonds is 7. The smallest absolute Gasteiger partial charge is 0.344 e. The Morgan fingerprint density at radius 2 is 1.84 bits per heavy atom. The average molecular weight is 347 g/mol. The van der Waals surface area contributed by atoms with Gasteiger partial charge < -0.3 is 19.8 Å². The summed E-state index contributed by atoms with van der Waals surface area (Å²) in [5.41, 5.74) is -0.518. The molecule has 2 rings (SSSR count). The van der Waals surface area contributed by atoms with Crippen molar-refractivity contribution in [3.8, 4) is 0 Å². The van der Waals surface area contributed by atoms with Crippen LogP contribution in [0.5, 0.6) is 0 Å². The molecule has 2 N–H and O–H groups in total. The third-order valence-electron chi connectivity index (χ3n) is 3.66. The van der Waals surface area contributed by atoms with E-state index < -0.39 is 23.4 Å². The highest BCUT2D eigenvalue weighted by molar-refractivity contribution is 6.08. The molecule has 8 nitrogen and oxygen atoms in total. The summed E-state index contributed by atoms with van der Waals surface area (Å²) >= 11 is 0. The molecule has 1 amide bonds. The topological polar surface area (TPSA) is 110 Å². The van der Waals surface area contributed by atoms with Gasteiger partial charge in [0, 0.05) is 42.8 Å². The van der Waals surface area contributed by atoms with Crippen LogP contribution in [0.25, 0.3) is 10.9 Å². The zero-order valence-electron chi connectivity index (χ0n) is 14.4. The van der Waals surface area contributed by atoms with Gasteiger partial charge in [0.2, 0.25) is 11.4 Å². The molecule has 0 aliphatic heterocycles. The average Bonchev–Trinajstić information content (AvgIpc) is 2.97. The van der Waals surface area contributed by atoms with Gasteiger partial charge in [-0.15, -0.1) is 0 Å². The van der Waals surface area contributed by atoms with Gasteiger partial charge >= 0.3 is 11.9 Å². The molecule has 2 aromatic heterocycles. The van der Waals surface area contributed by atoms with Gasteiger partial charge in [0.25, 0.3) is 0 Å². The van der Waals surface area contributed by atoms with E-state index in [1.807, 2.05) is 0 Å². The molecule has 0 atom stereocenters. The Balaban J connectivity index is 2.52. The van der Waals surface area contributed by atoms with Crippen LogP contribution in [0.3, 0.4) is 0 Å². The fourth-order valence-corrected chi connectivity index (χ4v) is 2.63. The van der Waals surface area contributed by atoms with Crippen LogP contribution in [-0.2, 0) is 30.3 Å². The first-order chi connectivity index (χ1) is 11.9. The predicted octanol–water partition coefficient (Wildman–Crippen LogP) is 1.11. The third kappa shape index (κ3) is 3.78. The van der Waals surface area contributed by atoms with E-state index in [4.69, 9.17) is 9.47 Å². The van der Waals surface area contributed by atoms with Crippen molar-refractivity contribution in [3.05, 3.63) is 30.2 Å². The molecule has 0 saturated heterocycles. The van der Waals surface area contributed by atoms with E-state index in [0.717, 1.165) is 10.9 Å². The number of hydrogen-bond donors (Lipinski definition) is 2. The zero-order chi connectivity index (χ0) is 18.4. The molecule has 0 aromatic carbocycles. The minimum Gasteiger partial charge on any atom is -0.464 e. The van der Waals surface area contributed by atoms with Crippen LogP contribution < -0.4 is 5.32 Å². The van der Waals surface area contributed by atoms with Crippen molar-refractivity contribution in [3.63, 3.8) is 0 Å². The number of carbonyl (C=O) groups is 3. The van der Waals surface area contributed by atoms with Gasteiger partial charge in [0.15, 0.2) is 0 Å². The molecule has 0 bridgehead atoms. The van der Waals surface area contributed by atoms with E-state index in [-0.39, 0.29) is 19.6 Å². The van der Waals surface area contributed by atoms with Crippen LogP contribution in [0, 0.1) is 0 Å². The lowest BCUT2D eigenvalue weighted by Gasteiger charge is -2.29. The molecule has 0 fully saturated rings. The minimum absolute atomic E-state index is 0.0645. The molecule has 0 spiro atoms. The van der Waals surface area contributed by atoms with E-state index in [9.17, 15) is 14.4 Å². The molecule has 0 aliphatic carbocycles.